The van der Waals surface area contributed by atoms with Crippen LogP contribution < -0.4 is 0 Å². The summed E-state index contributed by atoms with van der Waals surface area (Å²) in [6, 6.07) is 0. The smallest absolute Gasteiger partial charge is 0.105 e. The maximum atomic E-state index is 5.02. The molecule has 0 atom stereocenters. The highest BCUT2D eigenvalue weighted by Crippen LogP contribution is 2.29. The van der Waals surface area contributed by atoms with Gasteiger partial charge < -0.3 is 4.42 Å². The SMILES string of the molecule is CC(C)(C)c1cocc1Br. The summed E-state index contributed by atoms with van der Waals surface area (Å²) in [7, 11) is 0. The van der Waals surface area contributed by atoms with E-state index < -0.39 is 0 Å². The first-order valence-electron chi connectivity index (χ1n) is 3.24. The van der Waals surface area contributed by atoms with Gasteiger partial charge in [-0.25, -0.2) is 0 Å². The summed E-state index contributed by atoms with van der Waals surface area (Å²) in [5, 5.41) is 0. The summed E-state index contributed by atoms with van der Waals surface area (Å²) in [6.07, 6.45) is 3.49. The number of hydrogen-bond acceptors (Lipinski definition) is 1. The zero-order valence-electron chi connectivity index (χ0n) is 6.44. The highest BCUT2D eigenvalue weighted by atomic mass is 79.9. The van der Waals surface area contributed by atoms with Gasteiger partial charge in [0.25, 0.3) is 0 Å². The van der Waals surface area contributed by atoms with Crippen molar-refractivity contribution >= 4 is 15.9 Å². The van der Waals surface area contributed by atoms with Gasteiger partial charge in [0.1, 0.15) is 6.26 Å². The molecule has 1 rings (SSSR count). The van der Waals surface area contributed by atoms with E-state index >= 15 is 0 Å². The molecule has 2 heteroatoms. The number of rotatable bonds is 0. The topological polar surface area (TPSA) is 13.1 Å². The van der Waals surface area contributed by atoms with Crippen molar-refractivity contribution < 1.29 is 4.42 Å². The first-order valence-corrected chi connectivity index (χ1v) is 4.03. The lowest BCUT2D eigenvalue weighted by Gasteiger charge is -2.15. The van der Waals surface area contributed by atoms with Gasteiger partial charge in [0.2, 0.25) is 0 Å². The summed E-state index contributed by atoms with van der Waals surface area (Å²) in [4.78, 5) is 0. The third-order valence-corrected chi connectivity index (χ3v) is 2.04. The van der Waals surface area contributed by atoms with Gasteiger partial charge in [-0.15, -0.1) is 0 Å². The molecule has 0 amide bonds. The molecule has 1 heterocycles. The van der Waals surface area contributed by atoms with E-state index in [1.165, 1.54) is 5.56 Å². The Hall–Kier alpha value is -0.240. The van der Waals surface area contributed by atoms with Gasteiger partial charge in [-0.2, -0.15) is 0 Å². The first-order chi connectivity index (χ1) is 4.52. The second kappa shape index (κ2) is 2.42. The molecule has 0 fully saturated rings. The Morgan fingerprint density at radius 1 is 1.30 bits per heavy atom. The van der Waals surface area contributed by atoms with Crippen LogP contribution >= 0.6 is 15.9 Å². The fraction of sp³-hybridized carbons (Fsp3) is 0.500. The van der Waals surface area contributed by atoms with Crippen LogP contribution in [0.1, 0.15) is 26.3 Å². The third-order valence-electron chi connectivity index (χ3n) is 1.42. The molecule has 1 aromatic rings. The van der Waals surface area contributed by atoms with Crippen LogP contribution in [0.15, 0.2) is 21.4 Å². The van der Waals surface area contributed by atoms with Gasteiger partial charge in [-0.05, 0) is 21.3 Å². The Morgan fingerprint density at radius 3 is 2.10 bits per heavy atom. The molecule has 0 bridgehead atoms. The molecule has 0 aliphatic heterocycles. The van der Waals surface area contributed by atoms with E-state index in [1.54, 1.807) is 12.5 Å². The largest absolute Gasteiger partial charge is 0.471 e. The van der Waals surface area contributed by atoms with Gasteiger partial charge in [-0.1, -0.05) is 20.8 Å². The molecule has 0 saturated heterocycles. The zero-order valence-corrected chi connectivity index (χ0v) is 8.03. The quantitative estimate of drug-likeness (QED) is 0.630. The maximum absolute atomic E-state index is 5.02. The molecule has 0 saturated carbocycles. The van der Waals surface area contributed by atoms with Crippen LogP contribution in [0, 0.1) is 0 Å². The van der Waals surface area contributed by atoms with E-state index in [-0.39, 0.29) is 5.41 Å². The summed E-state index contributed by atoms with van der Waals surface area (Å²) in [5.41, 5.74) is 1.39. The lowest BCUT2D eigenvalue weighted by Crippen LogP contribution is -2.09. The second-order valence-electron chi connectivity index (χ2n) is 3.38. The molecular formula is C8H11BrO. The highest BCUT2D eigenvalue weighted by molar-refractivity contribution is 9.10. The van der Waals surface area contributed by atoms with E-state index in [9.17, 15) is 0 Å². The molecule has 0 aliphatic rings. The van der Waals surface area contributed by atoms with Crippen molar-refractivity contribution in [1.82, 2.24) is 0 Å². The Labute approximate surface area is 69.6 Å². The Balaban J connectivity index is 3.05. The van der Waals surface area contributed by atoms with Crippen LogP contribution in [0.5, 0.6) is 0 Å². The Bertz CT molecular complexity index is 219. The lowest BCUT2D eigenvalue weighted by atomic mass is 9.89. The average molecular weight is 203 g/mol. The first kappa shape index (κ1) is 7.86. The molecule has 10 heavy (non-hydrogen) atoms. The molecule has 56 valence electrons. The van der Waals surface area contributed by atoms with Crippen LogP contribution in [-0.4, -0.2) is 0 Å². The summed E-state index contributed by atoms with van der Waals surface area (Å²) in [6.45, 7) is 6.47. The minimum absolute atomic E-state index is 0.172. The van der Waals surface area contributed by atoms with Crippen molar-refractivity contribution in [3.8, 4) is 0 Å². The van der Waals surface area contributed by atoms with E-state index in [2.05, 4.69) is 36.7 Å². The van der Waals surface area contributed by atoms with Crippen LogP contribution in [0.3, 0.4) is 0 Å². The monoisotopic (exact) mass is 202 g/mol. The molecule has 0 radical (unpaired) electrons. The molecule has 0 unspecified atom stereocenters. The Morgan fingerprint density at radius 2 is 1.90 bits per heavy atom. The minimum atomic E-state index is 0.172. The highest BCUT2D eigenvalue weighted by Gasteiger charge is 2.18. The van der Waals surface area contributed by atoms with E-state index in [1.807, 2.05) is 0 Å². The summed E-state index contributed by atoms with van der Waals surface area (Å²) < 4.78 is 6.08. The van der Waals surface area contributed by atoms with Crippen LogP contribution in [0.25, 0.3) is 0 Å². The second-order valence-corrected chi connectivity index (χ2v) is 4.24. The Kier molecular flexibility index (Phi) is 1.90. The standard InChI is InChI=1S/C8H11BrO/c1-8(2,3)6-4-10-5-7(6)9/h4-5H,1-3H3. The number of halogens is 1. The van der Waals surface area contributed by atoms with Crippen LogP contribution in [-0.2, 0) is 5.41 Å². The van der Waals surface area contributed by atoms with E-state index in [0.717, 1.165) is 4.47 Å². The maximum Gasteiger partial charge on any atom is 0.105 e. The van der Waals surface area contributed by atoms with Crippen molar-refractivity contribution in [2.75, 3.05) is 0 Å². The molecular weight excluding hydrogens is 192 g/mol. The fourth-order valence-electron chi connectivity index (χ4n) is 0.817. The molecule has 0 spiro atoms. The fourth-order valence-corrected chi connectivity index (χ4v) is 1.61. The van der Waals surface area contributed by atoms with Crippen molar-refractivity contribution in [2.24, 2.45) is 0 Å². The van der Waals surface area contributed by atoms with Crippen LogP contribution in [0.4, 0.5) is 0 Å². The predicted octanol–water partition coefficient (Wildman–Crippen LogP) is 3.34. The van der Waals surface area contributed by atoms with E-state index in [4.69, 9.17) is 4.42 Å². The average Bonchev–Trinajstić information content (AvgIpc) is 2.11. The molecule has 0 N–H and O–H groups in total. The summed E-state index contributed by atoms with van der Waals surface area (Å²) in [5.74, 6) is 0. The van der Waals surface area contributed by atoms with Gasteiger partial charge in [0.15, 0.2) is 0 Å². The van der Waals surface area contributed by atoms with Gasteiger partial charge >= 0.3 is 0 Å². The molecule has 1 nitrogen and oxygen atoms in total. The minimum Gasteiger partial charge on any atom is -0.471 e. The van der Waals surface area contributed by atoms with Gasteiger partial charge in [-0.3, -0.25) is 0 Å². The number of hydrogen-bond donors (Lipinski definition) is 0. The molecule has 0 aromatic carbocycles. The zero-order chi connectivity index (χ0) is 7.78. The molecule has 1 aromatic heterocycles. The van der Waals surface area contributed by atoms with Crippen molar-refractivity contribution in [1.29, 1.82) is 0 Å². The van der Waals surface area contributed by atoms with E-state index in [0.29, 0.717) is 0 Å². The third kappa shape index (κ3) is 1.43. The van der Waals surface area contributed by atoms with Gasteiger partial charge in [0, 0.05) is 5.56 Å². The predicted molar refractivity (Wildman–Crippen MR) is 45.1 cm³/mol. The molecule has 0 aliphatic carbocycles. The summed E-state index contributed by atoms with van der Waals surface area (Å²) >= 11 is 3.41. The number of furan rings is 1. The van der Waals surface area contributed by atoms with Gasteiger partial charge in [0.05, 0.1) is 10.7 Å². The van der Waals surface area contributed by atoms with Crippen molar-refractivity contribution in [2.45, 2.75) is 26.2 Å². The normalized spacial score (nSPS) is 12.0. The van der Waals surface area contributed by atoms with Crippen molar-refractivity contribution in [3.63, 3.8) is 0 Å². The van der Waals surface area contributed by atoms with Crippen LogP contribution in [0.2, 0.25) is 0 Å². The van der Waals surface area contributed by atoms with Crippen molar-refractivity contribution in [3.05, 3.63) is 22.6 Å². The lowest BCUT2D eigenvalue weighted by molar-refractivity contribution is 0.537.